The van der Waals surface area contributed by atoms with Crippen LogP contribution in [0.25, 0.3) is 10.2 Å². The number of anilines is 2. The van der Waals surface area contributed by atoms with E-state index < -0.39 is 0 Å². The number of thioether (sulfide) groups is 1. The fraction of sp³-hybridized carbons (Fsp3) is 0.316. The second-order valence-electron chi connectivity index (χ2n) is 6.42. The molecule has 0 saturated carbocycles. The van der Waals surface area contributed by atoms with E-state index in [1.165, 1.54) is 16.6 Å². The minimum Gasteiger partial charge on any atom is -0.383 e. The van der Waals surface area contributed by atoms with Gasteiger partial charge in [-0.25, -0.2) is 9.97 Å². The molecule has 1 aromatic carbocycles. The molecule has 1 unspecified atom stereocenters. The zero-order chi connectivity index (χ0) is 19.0. The highest BCUT2D eigenvalue weighted by Crippen LogP contribution is 2.34. The summed E-state index contributed by atoms with van der Waals surface area (Å²) in [6.45, 7) is 9.91. The van der Waals surface area contributed by atoms with E-state index in [9.17, 15) is 4.79 Å². The first-order valence-corrected chi connectivity index (χ1v) is 10.0. The molecule has 0 bridgehead atoms. The first kappa shape index (κ1) is 18.7. The SMILES string of the molecule is Cc1ccc(C)c(NC(=O)C(C)Sc2nc(N)c3c(C)c(C)sc3n2)c1. The summed E-state index contributed by atoms with van der Waals surface area (Å²) >= 11 is 2.92. The minimum absolute atomic E-state index is 0.0792. The van der Waals surface area contributed by atoms with Crippen molar-refractivity contribution in [2.45, 2.75) is 45.0 Å². The van der Waals surface area contributed by atoms with Gasteiger partial charge in [0.05, 0.1) is 10.6 Å². The van der Waals surface area contributed by atoms with Crippen LogP contribution >= 0.6 is 23.1 Å². The highest BCUT2D eigenvalue weighted by atomic mass is 32.2. The molecule has 0 aliphatic carbocycles. The lowest BCUT2D eigenvalue weighted by Crippen LogP contribution is -2.23. The zero-order valence-electron chi connectivity index (χ0n) is 15.5. The Kier molecular flexibility index (Phi) is 5.20. The lowest BCUT2D eigenvalue weighted by Gasteiger charge is -2.13. The van der Waals surface area contributed by atoms with Crippen molar-refractivity contribution in [3.8, 4) is 0 Å². The molecule has 1 atom stereocenters. The van der Waals surface area contributed by atoms with Crippen molar-refractivity contribution in [1.82, 2.24) is 9.97 Å². The number of hydrogen-bond donors (Lipinski definition) is 2. The quantitative estimate of drug-likeness (QED) is 0.505. The Labute approximate surface area is 161 Å². The van der Waals surface area contributed by atoms with Crippen LogP contribution in [0.15, 0.2) is 23.4 Å². The number of aromatic nitrogens is 2. The van der Waals surface area contributed by atoms with Crippen LogP contribution in [0.1, 0.15) is 28.5 Å². The molecule has 0 saturated heterocycles. The number of nitrogens with zero attached hydrogens (tertiary/aromatic N) is 2. The number of carbonyl (C=O) groups is 1. The molecule has 26 heavy (non-hydrogen) atoms. The average Bonchev–Trinajstić information content (AvgIpc) is 2.85. The summed E-state index contributed by atoms with van der Waals surface area (Å²) in [5, 5.41) is 4.10. The van der Waals surface area contributed by atoms with E-state index >= 15 is 0 Å². The number of amides is 1. The summed E-state index contributed by atoms with van der Waals surface area (Å²) in [4.78, 5) is 23.6. The highest BCUT2D eigenvalue weighted by molar-refractivity contribution is 8.00. The van der Waals surface area contributed by atoms with Crippen molar-refractivity contribution in [2.24, 2.45) is 0 Å². The molecule has 5 nitrogen and oxygen atoms in total. The van der Waals surface area contributed by atoms with Crippen LogP contribution in [0.4, 0.5) is 11.5 Å². The lowest BCUT2D eigenvalue weighted by atomic mass is 10.1. The maximum absolute atomic E-state index is 12.6. The fourth-order valence-electron chi connectivity index (χ4n) is 2.63. The van der Waals surface area contributed by atoms with Crippen molar-refractivity contribution >= 4 is 50.7 Å². The number of aryl methyl sites for hydroxylation is 4. The molecule has 0 spiro atoms. The van der Waals surface area contributed by atoms with E-state index in [0.717, 1.165) is 32.6 Å². The minimum atomic E-state index is -0.339. The van der Waals surface area contributed by atoms with Gasteiger partial charge in [-0.3, -0.25) is 4.79 Å². The second kappa shape index (κ2) is 7.25. The molecular weight excluding hydrogens is 364 g/mol. The summed E-state index contributed by atoms with van der Waals surface area (Å²) in [6.07, 6.45) is 0. The number of nitrogens with two attached hydrogens (primary N) is 1. The number of fused-ring (bicyclic) bond motifs is 1. The third kappa shape index (κ3) is 3.68. The lowest BCUT2D eigenvalue weighted by molar-refractivity contribution is -0.115. The molecule has 7 heteroatoms. The molecule has 3 N–H and O–H groups in total. The van der Waals surface area contributed by atoms with Crippen molar-refractivity contribution < 1.29 is 4.79 Å². The summed E-state index contributed by atoms with van der Waals surface area (Å²) in [7, 11) is 0. The molecule has 1 amide bonds. The second-order valence-corrected chi connectivity index (χ2v) is 8.93. The van der Waals surface area contributed by atoms with Crippen molar-refractivity contribution in [3.63, 3.8) is 0 Å². The molecule has 3 aromatic rings. The van der Waals surface area contributed by atoms with Crippen molar-refractivity contribution in [1.29, 1.82) is 0 Å². The van der Waals surface area contributed by atoms with Gasteiger partial charge in [0.25, 0.3) is 0 Å². The van der Waals surface area contributed by atoms with Gasteiger partial charge in [0.2, 0.25) is 5.91 Å². The van der Waals surface area contributed by atoms with E-state index in [1.54, 1.807) is 11.3 Å². The number of carbonyl (C=O) groups excluding carboxylic acids is 1. The molecule has 136 valence electrons. The molecular formula is C19H22N4OS2. The number of rotatable bonds is 4. The van der Waals surface area contributed by atoms with Gasteiger partial charge in [-0.2, -0.15) is 0 Å². The van der Waals surface area contributed by atoms with Gasteiger partial charge in [-0.05, 0) is 57.4 Å². The normalized spacial score (nSPS) is 12.3. The monoisotopic (exact) mass is 386 g/mol. The molecule has 0 fully saturated rings. The largest absolute Gasteiger partial charge is 0.383 e. The van der Waals surface area contributed by atoms with Gasteiger partial charge < -0.3 is 11.1 Å². The fourth-order valence-corrected chi connectivity index (χ4v) is 4.50. The summed E-state index contributed by atoms with van der Waals surface area (Å²) in [6, 6.07) is 6.00. The Balaban J connectivity index is 1.79. The molecule has 2 aromatic heterocycles. The predicted octanol–water partition coefficient (Wildman–Crippen LogP) is 4.63. The first-order valence-electron chi connectivity index (χ1n) is 8.34. The predicted molar refractivity (Wildman–Crippen MR) is 111 cm³/mol. The van der Waals surface area contributed by atoms with Gasteiger partial charge in [0.1, 0.15) is 10.6 Å². The van der Waals surface area contributed by atoms with Crippen molar-refractivity contribution in [2.75, 3.05) is 11.1 Å². The Bertz CT molecular complexity index is 997. The molecule has 2 heterocycles. The van der Waals surface area contributed by atoms with Crippen LogP contribution in [-0.4, -0.2) is 21.1 Å². The Morgan fingerprint density at radius 2 is 1.96 bits per heavy atom. The highest BCUT2D eigenvalue weighted by Gasteiger charge is 2.19. The number of nitrogens with one attached hydrogen (secondary N) is 1. The zero-order valence-corrected chi connectivity index (χ0v) is 17.1. The van der Waals surface area contributed by atoms with Crippen LogP contribution < -0.4 is 11.1 Å². The topological polar surface area (TPSA) is 80.9 Å². The van der Waals surface area contributed by atoms with Crippen molar-refractivity contribution in [3.05, 3.63) is 39.8 Å². The van der Waals surface area contributed by atoms with Gasteiger partial charge >= 0.3 is 0 Å². The third-order valence-electron chi connectivity index (χ3n) is 4.34. The van der Waals surface area contributed by atoms with Gasteiger partial charge in [-0.1, -0.05) is 23.9 Å². The molecule has 3 rings (SSSR count). The Morgan fingerprint density at radius 1 is 1.23 bits per heavy atom. The summed E-state index contributed by atoms with van der Waals surface area (Å²) < 4.78 is 0. The van der Waals surface area contributed by atoms with Crippen LogP contribution in [0.2, 0.25) is 0 Å². The summed E-state index contributed by atoms with van der Waals surface area (Å²) in [5.74, 6) is 0.394. The third-order valence-corrected chi connectivity index (χ3v) is 6.40. The number of benzene rings is 1. The molecule has 0 radical (unpaired) electrons. The Morgan fingerprint density at radius 3 is 2.69 bits per heavy atom. The maximum atomic E-state index is 12.6. The molecule has 0 aliphatic heterocycles. The average molecular weight is 387 g/mol. The number of nitrogen functional groups attached to an aromatic ring is 1. The summed E-state index contributed by atoms with van der Waals surface area (Å²) in [5.41, 5.74) is 10.2. The maximum Gasteiger partial charge on any atom is 0.237 e. The van der Waals surface area contributed by atoms with Crippen LogP contribution in [0.5, 0.6) is 0 Å². The standard InChI is InChI=1S/C19H22N4OS2/c1-9-6-7-10(2)14(8-9)21-17(24)13(5)26-19-22-16(20)15-11(3)12(4)25-18(15)23-19/h6-8,13H,1-5H3,(H,21,24)(H2,20,22,23). The smallest absolute Gasteiger partial charge is 0.237 e. The van der Waals surface area contributed by atoms with E-state index in [0.29, 0.717) is 11.0 Å². The van der Waals surface area contributed by atoms with E-state index in [2.05, 4.69) is 15.3 Å². The van der Waals surface area contributed by atoms with Gasteiger partial charge in [0, 0.05) is 10.6 Å². The van der Waals surface area contributed by atoms with Crippen LogP contribution in [0, 0.1) is 27.7 Å². The van der Waals surface area contributed by atoms with E-state index in [-0.39, 0.29) is 11.2 Å². The van der Waals surface area contributed by atoms with Crippen LogP contribution in [-0.2, 0) is 4.79 Å². The van der Waals surface area contributed by atoms with E-state index in [1.807, 2.05) is 52.8 Å². The number of thiophene rings is 1. The van der Waals surface area contributed by atoms with E-state index in [4.69, 9.17) is 5.73 Å². The van der Waals surface area contributed by atoms with Crippen LogP contribution in [0.3, 0.4) is 0 Å². The van der Waals surface area contributed by atoms with Gasteiger partial charge in [0.15, 0.2) is 5.16 Å². The number of hydrogen-bond acceptors (Lipinski definition) is 6. The first-order chi connectivity index (χ1) is 12.3. The Hall–Kier alpha value is -2.12. The molecule has 0 aliphatic rings. The van der Waals surface area contributed by atoms with Gasteiger partial charge in [-0.15, -0.1) is 11.3 Å².